The van der Waals surface area contributed by atoms with Gasteiger partial charge in [-0.25, -0.2) is 0 Å². The average molecular weight is 436 g/mol. The van der Waals surface area contributed by atoms with E-state index in [2.05, 4.69) is 37.7 Å². The summed E-state index contributed by atoms with van der Waals surface area (Å²) >= 11 is 0. The number of rotatable bonds is 7. The van der Waals surface area contributed by atoms with Crippen molar-refractivity contribution < 1.29 is 14.3 Å². The summed E-state index contributed by atoms with van der Waals surface area (Å²) < 4.78 is 5.43. The van der Waals surface area contributed by atoms with Crippen molar-refractivity contribution in [3.63, 3.8) is 0 Å². The van der Waals surface area contributed by atoms with Crippen LogP contribution in [0.25, 0.3) is 0 Å². The molecule has 1 N–H and O–H groups in total. The number of ether oxygens (including phenoxy) is 1. The Morgan fingerprint density at radius 2 is 1.97 bits per heavy atom. The molecule has 0 spiro atoms. The number of amides is 2. The second-order valence-electron chi connectivity index (χ2n) is 9.42. The molecule has 1 aromatic carbocycles. The van der Waals surface area contributed by atoms with Crippen molar-refractivity contribution in [2.24, 2.45) is 5.41 Å². The fourth-order valence-electron chi connectivity index (χ4n) is 4.43. The largest absolute Gasteiger partial charge is 0.497 e. The quantitative estimate of drug-likeness (QED) is 0.665. The van der Waals surface area contributed by atoms with E-state index in [1.54, 1.807) is 42.6 Å². The molecular formula is C26H33N3O3. The molecule has 1 aromatic heterocycles. The second-order valence-corrected chi connectivity index (χ2v) is 9.42. The van der Waals surface area contributed by atoms with Gasteiger partial charge in [0.2, 0.25) is 0 Å². The Bertz CT molecular complexity index is 982. The van der Waals surface area contributed by atoms with Crippen LogP contribution in [0.1, 0.15) is 55.1 Å². The van der Waals surface area contributed by atoms with Gasteiger partial charge in [-0.15, -0.1) is 6.58 Å². The zero-order chi connectivity index (χ0) is 23.4. The SMILES string of the molecule is C=CCNC(=O)C1(N(CC(C)(C)C)C(=O)c2ccncc2)CCCc2cc(OC)ccc21. The van der Waals surface area contributed by atoms with Crippen molar-refractivity contribution in [1.29, 1.82) is 0 Å². The van der Waals surface area contributed by atoms with E-state index in [0.717, 1.165) is 29.7 Å². The fourth-order valence-corrected chi connectivity index (χ4v) is 4.43. The maximum absolute atomic E-state index is 13.9. The van der Waals surface area contributed by atoms with Crippen LogP contribution in [0.2, 0.25) is 0 Å². The third kappa shape index (κ3) is 4.69. The lowest BCUT2D eigenvalue weighted by Crippen LogP contribution is -2.61. The summed E-state index contributed by atoms with van der Waals surface area (Å²) in [6.07, 6.45) is 7.02. The van der Waals surface area contributed by atoms with Gasteiger partial charge < -0.3 is 15.0 Å². The molecule has 1 atom stereocenters. The van der Waals surface area contributed by atoms with Gasteiger partial charge in [0.25, 0.3) is 11.8 Å². The number of aryl methyl sites for hydroxylation is 1. The number of carbonyl (C=O) groups is 2. The number of hydrogen-bond acceptors (Lipinski definition) is 4. The van der Waals surface area contributed by atoms with E-state index >= 15 is 0 Å². The predicted molar refractivity (Wildman–Crippen MR) is 126 cm³/mol. The molecule has 0 bridgehead atoms. The Balaban J connectivity index is 2.24. The van der Waals surface area contributed by atoms with Crippen LogP contribution in [0.15, 0.2) is 55.4 Å². The molecule has 0 fully saturated rings. The molecule has 1 aliphatic carbocycles. The molecule has 32 heavy (non-hydrogen) atoms. The normalized spacial score (nSPS) is 17.8. The first kappa shape index (κ1) is 23.5. The van der Waals surface area contributed by atoms with E-state index in [0.29, 0.717) is 25.1 Å². The number of pyridine rings is 1. The summed E-state index contributed by atoms with van der Waals surface area (Å²) in [5.74, 6) is 0.379. The van der Waals surface area contributed by atoms with E-state index in [4.69, 9.17) is 4.74 Å². The molecule has 1 aliphatic rings. The third-order valence-corrected chi connectivity index (χ3v) is 5.79. The maximum atomic E-state index is 13.9. The van der Waals surface area contributed by atoms with Crippen molar-refractivity contribution >= 4 is 11.8 Å². The molecule has 6 nitrogen and oxygen atoms in total. The summed E-state index contributed by atoms with van der Waals surface area (Å²) in [7, 11) is 1.63. The van der Waals surface area contributed by atoms with Crippen molar-refractivity contribution in [1.82, 2.24) is 15.2 Å². The Labute approximate surface area is 190 Å². The highest BCUT2D eigenvalue weighted by Crippen LogP contribution is 2.43. The number of nitrogens with zero attached hydrogens (tertiary/aromatic N) is 2. The van der Waals surface area contributed by atoms with Gasteiger partial charge in [0.1, 0.15) is 11.3 Å². The minimum Gasteiger partial charge on any atom is -0.497 e. The zero-order valence-corrected chi connectivity index (χ0v) is 19.5. The van der Waals surface area contributed by atoms with Crippen LogP contribution in [0.4, 0.5) is 0 Å². The lowest BCUT2D eigenvalue weighted by atomic mass is 9.73. The molecule has 0 aliphatic heterocycles. The van der Waals surface area contributed by atoms with Gasteiger partial charge in [0.05, 0.1) is 7.11 Å². The summed E-state index contributed by atoms with van der Waals surface area (Å²) in [6, 6.07) is 9.19. The minimum atomic E-state index is -1.13. The van der Waals surface area contributed by atoms with Gasteiger partial charge in [0.15, 0.2) is 0 Å². The average Bonchev–Trinajstić information content (AvgIpc) is 2.79. The van der Waals surface area contributed by atoms with Crippen LogP contribution in [-0.4, -0.2) is 41.9 Å². The topological polar surface area (TPSA) is 71.5 Å². The fraction of sp³-hybridized carbons (Fsp3) is 0.423. The van der Waals surface area contributed by atoms with Crippen LogP contribution in [0.5, 0.6) is 5.75 Å². The molecule has 1 unspecified atom stereocenters. The molecule has 170 valence electrons. The van der Waals surface area contributed by atoms with Gasteiger partial charge >= 0.3 is 0 Å². The molecule has 3 rings (SSSR count). The Hall–Kier alpha value is -3.15. The van der Waals surface area contributed by atoms with Crippen molar-refractivity contribution in [2.45, 2.75) is 45.6 Å². The number of aromatic nitrogens is 1. The van der Waals surface area contributed by atoms with E-state index < -0.39 is 5.54 Å². The standard InChI is InChI=1S/C26H33N3O3/c1-6-14-28-24(31)26(13-7-8-20-17-21(32-5)9-10-22(20)26)29(18-25(2,3)4)23(30)19-11-15-27-16-12-19/h6,9-12,15-17H,1,7-8,13-14,18H2,2-5H3,(H,28,31). The maximum Gasteiger partial charge on any atom is 0.255 e. The Kier molecular flexibility index (Phi) is 7.02. The van der Waals surface area contributed by atoms with Gasteiger partial charge in [0, 0.05) is 31.0 Å². The van der Waals surface area contributed by atoms with E-state index in [1.807, 2.05) is 18.2 Å². The number of fused-ring (bicyclic) bond motifs is 1. The highest BCUT2D eigenvalue weighted by Gasteiger charge is 2.51. The van der Waals surface area contributed by atoms with Crippen LogP contribution in [-0.2, 0) is 16.8 Å². The molecule has 2 aromatic rings. The number of benzene rings is 1. The second kappa shape index (κ2) is 9.55. The predicted octanol–water partition coefficient (Wildman–Crippen LogP) is 4.11. The molecule has 0 saturated carbocycles. The molecule has 2 amide bonds. The van der Waals surface area contributed by atoms with Gasteiger partial charge in [-0.1, -0.05) is 32.9 Å². The van der Waals surface area contributed by atoms with Gasteiger partial charge in [-0.05, 0) is 60.1 Å². The molecule has 0 radical (unpaired) electrons. The van der Waals surface area contributed by atoms with E-state index in [9.17, 15) is 9.59 Å². The lowest BCUT2D eigenvalue weighted by molar-refractivity contribution is -0.134. The number of methoxy groups -OCH3 is 1. The van der Waals surface area contributed by atoms with Crippen LogP contribution in [0, 0.1) is 5.41 Å². The van der Waals surface area contributed by atoms with Gasteiger partial charge in [-0.3, -0.25) is 14.6 Å². The highest BCUT2D eigenvalue weighted by molar-refractivity contribution is 6.00. The molecular weight excluding hydrogens is 402 g/mol. The van der Waals surface area contributed by atoms with Crippen LogP contribution >= 0.6 is 0 Å². The van der Waals surface area contributed by atoms with Crippen molar-refractivity contribution in [2.75, 3.05) is 20.2 Å². The van der Waals surface area contributed by atoms with E-state index in [-0.39, 0.29) is 17.2 Å². The Morgan fingerprint density at radius 1 is 1.25 bits per heavy atom. The molecule has 1 heterocycles. The van der Waals surface area contributed by atoms with Crippen LogP contribution in [0.3, 0.4) is 0 Å². The van der Waals surface area contributed by atoms with E-state index in [1.165, 1.54) is 0 Å². The smallest absolute Gasteiger partial charge is 0.255 e. The van der Waals surface area contributed by atoms with Crippen molar-refractivity contribution in [3.05, 3.63) is 72.1 Å². The number of carbonyl (C=O) groups excluding carboxylic acids is 2. The lowest BCUT2D eigenvalue weighted by Gasteiger charge is -2.48. The zero-order valence-electron chi connectivity index (χ0n) is 19.5. The third-order valence-electron chi connectivity index (χ3n) is 5.79. The summed E-state index contributed by atoms with van der Waals surface area (Å²) in [6.45, 7) is 10.7. The first-order chi connectivity index (χ1) is 15.2. The molecule has 0 saturated heterocycles. The Morgan fingerprint density at radius 3 is 2.59 bits per heavy atom. The number of nitrogens with one attached hydrogen (secondary N) is 1. The summed E-state index contributed by atoms with van der Waals surface area (Å²) in [5, 5.41) is 2.99. The summed E-state index contributed by atoms with van der Waals surface area (Å²) in [4.78, 5) is 33.6. The highest BCUT2D eigenvalue weighted by atomic mass is 16.5. The number of hydrogen-bond donors (Lipinski definition) is 1. The van der Waals surface area contributed by atoms with Crippen LogP contribution < -0.4 is 10.1 Å². The van der Waals surface area contributed by atoms with Gasteiger partial charge in [-0.2, -0.15) is 0 Å². The summed E-state index contributed by atoms with van der Waals surface area (Å²) in [5.41, 5.74) is 1.05. The molecule has 6 heteroatoms. The first-order valence-corrected chi connectivity index (χ1v) is 11.0. The van der Waals surface area contributed by atoms with Crippen molar-refractivity contribution in [3.8, 4) is 5.75 Å². The first-order valence-electron chi connectivity index (χ1n) is 11.0. The minimum absolute atomic E-state index is 0.181. The monoisotopic (exact) mass is 435 g/mol.